The highest BCUT2D eigenvalue weighted by molar-refractivity contribution is 4.64. The Morgan fingerprint density at radius 2 is 1.42 bits per heavy atom. The highest BCUT2D eigenvalue weighted by atomic mass is 14.0. The normalized spacial score (nSPS) is 16.1. The number of allylic oxidation sites excluding steroid dienone is 1. The standard InChI is InChI=1S/2C6H12/c1-2-4-6-5-3-1;1-3-5-6-4-2/h1-6H2;3H,1,4-6H2,2H3. The van der Waals surface area contributed by atoms with Gasteiger partial charge in [-0.25, -0.2) is 0 Å². The van der Waals surface area contributed by atoms with Gasteiger partial charge in [-0.15, -0.1) is 6.58 Å². The van der Waals surface area contributed by atoms with Crippen LogP contribution in [0.4, 0.5) is 0 Å². The molecule has 0 aromatic heterocycles. The van der Waals surface area contributed by atoms with Gasteiger partial charge in [-0.2, -0.15) is 0 Å². The minimum atomic E-state index is 1.18. The van der Waals surface area contributed by atoms with E-state index in [1.807, 2.05) is 6.08 Å². The zero-order valence-corrected chi connectivity index (χ0v) is 8.65. The fourth-order valence-corrected chi connectivity index (χ4v) is 1.41. The van der Waals surface area contributed by atoms with E-state index in [1.54, 1.807) is 0 Å². The molecule has 0 heteroatoms. The Labute approximate surface area is 78.1 Å². The van der Waals surface area contributed by atoms with E-state index in [-0.39, 0.29) is 0 Å². The topological polar surface area (TPSA) is 0 Å². The monoisotopic (exact) mass is 168 g/mol. The van der Waals surface area contributed by atoms with Gasteiger partial charge in [0.1, 0.15) is 0 Å². The van der Waals surface area contributed by atoms with Crippen LogP contribution in [0.1, 0.15) is 64.7 Å². The van der Waals surface area contributed by atoms with Gasteiger partial charge in [0.15, 0.2) is 0 Å². The molecule has 1 saturated carbocycles. The molecule has 0 aromatic rings. The number of unbranched alkanes of at least 4 members (excludes halogenated alkanes) is 2. The first-order chi connectivity index (χ1) is 5.91. The summed E-state index contributed by atoms with van der Waals surface area (Å²) < 4.78 is 0. The van der Waals surface area contributed by atoms with Gasteiger partial charge in [0.25, 0.3) is 0 Å². The summed E-state index contributed by atoms with van der Waals surface area (Å²) in [5.41, 5.74) is 0. The van der Waals surface area contributed by atoms with E-state index >= 15 is 0 Å². The molecule has 0 amide bonds. The predicted octanol–water partition coefficient (Wildman–Crippen LogP) is 4.70. The molecule has 1 aliphatic rings. The van der Waals surface area contributed by atoms with Crippen LogP contribution in [-0.4, -0.2) is 0 Å². The first-order valence-electron chi connectivity index (χ1n) is 5.52. The Kier molecular flexibility index (Phi) is 10.5. The summed E-state index contributed by atoms with van der Waals surface area (Å²) in [5.74, 6) is 0. The Balaban J connectivity index is 0.000000202. The Bertz CT molecular complexity index is 68.5. The smallest absolute Gasteiger partial charge is 0.0354 e. The lowest BCUT2D eigenvalue weighted by molar-refractivity contribution is 0.504. The van der Waals surface area contributed by atoms with Gasteiger partial charge < -0.3 is 0 Å². The zero-order chi connectivity index (χ0) is 9.07. The van der Waals surface area contributed by atoms with Crippen LogP contribution in [0, 0.1) is 0 Å². The van der Waals surface area contributed by atoms with E-state index in [9.17, 15) is 0 Å². The van der Waals surface area contributed by atoms with Crippen LogP contribution in [0.15, 0.2) is 12.7 Å². The average Bonchev–Trinajstić information content (AvgIpc) is 2.18. The molecular weight excluding hydrogens is 144 g/mol. The van der Waals surface area contributed by atoms with Gasteiger partial charge in [-0.1, -0.05) is 64.4 Å². The fourth-order valence-electron chi connectivity index (χ4n) is 1.41. The largest absolute Gasteiger partial charge is 0.103 e. The summed E-state index contributed by atoms with van der Waals surface area (Å²) in [7, 11) is 0. The van der Waals surface area contributed by atoms with Crippen molar-refractivity contribution in [3.05, 3.63) is 12.7 Å². The minimum absolute atomic E-state index is 1.18. The van der Waals surface area contributed by atoms with E-state index in [0.717, 1.165) is 0 Å². The molecule has 0 radical (unpaired) electrons. The summed E-state index contributed by atoms with van der Waals surface area (Å²) in [6.07, 6.45) is 14.7. The van der Waals surface area contributed by atoms with Crippen LogP contribution in [0.5, 0.6) is 0 Å². The van der Waals surface area contributed by atoms with Gasteiger partial charge in [0, 0.05) is 0 Å². The van der Waals surface area contributed by atoms with Crippen molar-refractivity contribution in [3.63, 3.8) is 0 Å². The van der Waals surface area contributed by atoms with Crippen molar-refractivity contribution in [1.29, 1.82) is 0 Å². The lowest BCUT2D eigenvalue weighted by Crippen LogP contribution is -1.85. The van der Waals surface area contributed by atoms with E-state index in [0.29, 0.717) is 0 Å². The molecule has 0 aliphatic heterocycles. The van der Waals surface area contributed by atoms with Crippen molar-refractivity contribution < 1.29 is 0 Å². The average molecular weight is 168 g/mol. The molecule has 0 heterocycles. The van der Waals surface area contributed by atoms with Crippen LogP contribution in [0.3, 0.4) is 0 Å². The van der Waals surface area contributed by atoms with Crippen molar-refractivity contribution in [1.82, 2.24) is 0 Å². The molecule has 12 heavy (non-hydrogen) atoms. The van der Waals surface area contributed by atoms with Gasteiger partial charge in [-0.05, 0) is 6.42 Å². The summed E-state index contributed by atoms with van der Waals surface area (Å²) >= 11 is 0. The molecule has 0 nitrogen and oxygen atoms in total. The van der Waals surface area contributed by atoms with Crippen LogP contribution in [0.2, 0.25) is 0 Å². The number of hydrogen-bond acceptors (Lipinski definition) is 0. The quantitative estimate of drug-likeness (QED) is 0.423. The third-order valence-corrected chi connectivity index (χ3v) is 2.26. The Hall–Kier alpha value is -0.260. The van der Waals surface area contributed by atoms with Crippen molar-refractivity contribution in [2.45, 2.75) is 64.7 Å². The van der Waals surface area contributed by atoms with E-state index in [1.165, 1.54) is 57.8 Å². The summed E-state index contributed by atoms with van der Waals surface area (Å²) in [4.78, 5) is 0. The van der Waals surface area contributed by atoms with Gasteiger partial charge in [-0.3, -0.25) is 0 Å². The molecule has 0 atom stereocenters. The van der Waals surface area contributed by atoms with Crippen molar-refractivity contribution in [3.8, 4) is 0 Å². The lowest BCUT2D eigenvalue weighted by atomic mass is 10.0. The van der Waals surface area contributed by atoms with Crippen LogP contribution >= 0.6 is 0 Å². The summed E-state index contributed by atoms with van der Waals surface area (Å²) in [5, 5.41) is 0. The predicted molar refractivity (Wildman–Crippen MR) is 57.4 cm³/mol. The van der Waals surface area contributed by atoms with Crippen molar-refractivity contribution in [2.24, 2.45) is 0 Å². The van der Waals surface area contributed by atoms with Crippen LogP contribution < -0.4 is 0 Å². The fraction of sp³-hybridized carbons (Fsp3) is 0.833. The highest BCUT2D eigenvalue weighted by Crippen LogP contribution is 2.15. The second kappa shape index (κ2) is 10.7. The second-order valence-electron chi connectivity index (χ2n) is 3.55. The number of rotatable bonds is 3. The van der Waals surface area contributed by atoms with E-state index in [4.69, 9.17) is 0 Å². The van der Waals surface area contributed by atoms with Gasteiger partial charge >= 0.3 is 0 Å². The third kappa shape index (κ3) is 9.74. The van der Waals surface area contributed by atoms with Gasteiger partial charge in [0.2, 0.25) is 0 Å². The number of hydrogen-bond donors (Lipinski definition) is 0. The second-order valence-corrected chi connectivity index (χ2v) is 3.55. The Morgan fingerprint density at radius 1 is 1.00 bits per heavy atom. The maximum atomic E-state index is 3.60. The molecule has 1 rings (SSSR count). The molecule has 1 aliphatic carbocycles. The van der Waals surface area contributed by atoms with Crippen LogP contribution in [-0.2, 0) is 0 Å². The minimum Gasteiger partial charge on any atom is -0.103 e. The molecule has 0 unspecified atom stereocenters. The maximum absolute atomic E-state index is 3.60. The van der Waals surface area contributed by atoms with E-state index in [2.05, 4.69) is 13.5 Å². The third-order valence-electron chi connectivity index (χ3n) is 2.26. The molecule has 0 aromatic carbocycles. The highest BCUT2D eigenvalue weighted by Gasteiger charge is 1.95. The molecule has 72 valence electrons. The van der Waals surface area contributed by atoms with Crippen LogP contribution in [0.25, 0.3) is 0 Å². The zero-order valence-electron chi connectivity index (χ0n) is 8.65. The lowest BCUT2D eigenvalue weighted by Gasteiger charge is -2.05. The summed E-state index contributed by atoms with van der Waals surface area (Å²) in [6.45, 7) is 5.78. The maximum Gasteiger partial charge on any atom is -0.0354 e. The first-order valence-corrected chi connectivity index (χ1v) is 5.52. The Morgan fingerprint density at radius 3 is 1.58 bits per heavy atom. The van der Waals surface area contributed by atoms with E-state index < -0.39 is 0 Å². The molecular formula is C12H24. The van der Waals surface area contributed by atoms with Crippen molar-refractivity contribution >= 4 is 0 Å². The molecule has 1 fully saturated rings. The van der Waals surface area contributed by atoms with Gasteiger partial charge in [0.05, 0.1) is 0 Å². The first kappa shape index (κ1) is 11.7. The molecule has 0 spiro atoms. The molecule has 0 bridgehead atoms. The summed E-state index contributed by atoms with van der Waals surface area (Å²) in [6, 6.07) is 0. The van der Waals surface area contributed by atoms with Crippen molar-refractivity contribution in [2.75, 3.05) is 0 Å². The molecule has 0 N–H and O–H groups in total. The SMILES string of the molecule is C1CCCCC1.C=CCCCC. The molecule has 0 saturated heterocycles.